The second-order valence-electron chi connectivity index (χ2n) is 4.10. The van der Waals surface area contributed by atoms with Crippen molar-refractivity contribution in [2.45, 2.75) is 51.6 Å². The highest BCUT2D eigenvalue weighted by molar-refractivity contribution is 4.50. The van der Waals surface area contributed by atoms with Gasteiger partial charge in [-0.3, -0.25) is 0 Å². The molecule has 0 aliphatic heterocycles. The summed E-state index contributed by atoms with van der Waals surface area (Å²) in [5.41, 5.74) is 0. The minimum atomic E-state index is -4.05. The molecule has 0 unspecified atom stereocenters. The Labute approximate surface area is 102 Å². The van der Waals surface area contributed by atoms with E-state index in [4.69, 9.17) is 4.74 Å². The van der Waals surface area contributed by atoms with Crippen molar-refractivity contribution in [2.75, 3.05) is 26.3 Å². The number of ether oxygens (including phenoxy) is 1. The van der Waals surface area contributed by atoms with Gasteiger partial charge in [-0.05, 0) is 32.4 Å². The third-order valence-electron chi connectivity index (χ3n) is 2.39. The molecule has 0 amide bonds. The van der Waals surface area contributed by atoms with Gasteiger partial charge in [-0.1, -0.05) is 19.8 Å². The smallest absolute Gasteiger partial charge is 0.381 e. The van der Waals surface area contributed by atoms with Crippen LogP contribution in [0.3, 0.4) is 0 Å². The third-order valence-corrected chi connectivity index (χ3v) is 2.39. The fourth-order valence-corrected chi connectivity index (χ4v) is 1.46. The van der Waals surface area contributed by atoms with Gasteiger partial charge in [-0.25, -0.2) is 0 Å². The van der Waals surface area contributed by atoms with Gasteiger partial charge in [0.15, 0.2) is 0 Å². The van der Waals surface area contributed by atoms with Gasteiger partial charge in [0.25, 0.3) is 0 Å². The molecule has 0 saturated heterocycles. The number of hydrogen-bond donors (Lipinski definition) is 1. The van der Waals surface area contributed by atoms with E-state index in [9.17, 15) is 13.2 Å². The van der Waals surface area contributed by atoms with E-state index in [2.05, 4.69) is 12.2 Å². The first-order valence-electron chi connectivity index (χ1n) is 6.41. The standard InChI is InChI=1S/C12H24F3NO/c1-2-16-9-5-3-4-6-10-17-11-7-8-12(13,14)15/h16H,2-11H2,1H3. The van der Waals surface area contributed by atoms with Crippen molar-refractivity contribution in [3.05, 3.63) is 0 Å². The summed E-state index contributed by atoms with van der Waals surface area (Å²) in [7, 11) is 0. The molecule has 0 aliphatic rings. The highest BCUT2D eigenvalue weighted by Gasteiger charge is 2.25. The maximum absolute atomic E-state index is 11.8. The highest BCUT2D eigenvalue weighted by atomic mass is 19.4. The molecule has 2 nitrogen and oxygen atoms in total. The Hall–Kier alpha value is -0.290. The Morgan fingerprint density at radius 1 is 0.941 bits per heavy atom. The Kier molecular flexibility index (Phi) is 10.7. The van der Waals surface area contributed by atoms with E-state index in [1.165, 1.54) is 0 Å². The minimum absolute atomic E-state index is 0.0733. The van der Waals surface area contributed by atoms with Crippen LogP contribution in [0.25, 0.3) is 0 Å². The lowest BCUT2D eigenvalue weighted by Crippen LogP contribution is -2.13. The molecule has 17 heavy (non-hydrogen) atoms. The van der Waals surface area contributed by atoms with E-state index in [0.29, 0.717) is 6.61 Å². The summed E-state index contributed by atoms with van der Waals surface area (Å²) in [6, 6.07) is 0. The quantitative estimate of drug-likeness (QED) is 0.570. The van der Waals surface area contributed by atoms with Crippen molar-refractivity contribution in [1.29, 1.82) is 0 Å². The number of hydrogen-bond acceptors (Lipinski definition) is 2. The molecule has 0 aromatic heterocycles. The lowest BCUT2D eigenvalue weighted by molar-refractivity contribution is -0.137. The molecule has 0 aromatic rings. The number of alkyl halides is 3. The average molecular weight is 255 g/mol. The van der Waals surface area contributed by atoms with E-state index >= 15 is 0 Å². The molecule has 0 aliphatic carbocycles. The monoisotopic (exact) mass is 255 g/mol. The van der Waals surface area contributed by atoms with Crippen LogP contribution < -0.4 is 5.32 Å². The van der Waals surface area contributed by atoms with Crippen molar-refractivity contribution in [3.63, 3.8) is 0 Å². The summed E-state index contributed by atoms with van der Waals surface area (Å²) in [6.07, 6.45) is -0.376. The number of halogens is 3. The van der Waals surface area contributed by atoms with Crippen LogP contribution in [0.1, 0.15) is 45.4 Å². The second kappa shape index (κ2) is 10.8. The van der Waals surface area contributed by atoms with Gasteiger partial charge in [0.2, 0.25) is 0 Å². The predicted molar refractivity (Wildman–Crippen MR) is 63.1 cm³/mol. The summed E-state index contributed by atoms with van der Waals surface area (Å²) in [4.78, 5) is 0. The number of unbranched alkanes of at least 4 members (excludes halogenated alkanes) is 3. The molecule has 0 rings (SSSR count). The van der Waals surface area contributed by atoms with Crippen LogP contribution in [0.5, 0.6) is 0 Å². The van der Waals surface area contributed by atoms with Gasteiger partial charge in [-0.2, -0.15) is 13.2 Å². The molecule has 0 aromatic carbocycles. The van der Waals surface area contributed by atoms with E-state index in [-0.39, 0.29) is 13.0 Å². The first-order valence-corrected chi connectivity index (χ1v) is 6.41. The zero-order valence-corrected chi connectivity index (χ0v) is 10.6. The number of rotatable bonds is 11. The summed E-state index contributed by atoms with van der Waals surface area (Å²) < 4.78 is 40.5. The molecule has 0 saturated carbocycles. The zero-order valence-electron chi connectivity index (χ0n) is 10.6. The number of nitrogens with one attached hydrogen (secondary N) is 1. The Balaban J connectivity index is 2.99. The van der Waals surface area contributed by atoms with Crippen molar-refractivity contribution < 1.29 is 17.9 Å². The first-order chi connectivity index (χ1) is 8.06. The summed E-state index contributed by atoms with van der Waals surface area (Å²) in [6.45, 7) is 4.93. The van der Waals surface area contributed by atoms with E-state index < -0.39 is 12.6 Å². The van der Waals surface area contributed by atoms with Crippen LogP contribution in [-0.2, 0) is 4.74 Å². The van der Waals surface area contributed by atoms with Gasteiger partial charge in [0.1, 0.15) is 0 Å². The lowest BCUT2D eigenvalue weighted by Gasteiger charge is -2.07. The summed E-state index contributed by atoms with van der Waals surface area (Å²) >= 11 is 0. The van der Waals surface area contributed by atoms with E-state index in [1.807, 2.05) is 0 Å². The summed E-state index contributed by atoms with van der Waals surface area (Å²) in [5.74, 6) is 0. The highest BCUT2D eigenvalue weighted by Crippen LogP contribution is 2.20. The van der Waals surface area contributed by atoms with E-state index in [0.717, 1.165) is 38.8 Å². The third kappa shape index (κ3) is 15.7. The molecule has 104 valence electrons. The van der Waals surface area contributed by atoms with Crippen LogP contribution >= 0.6 is 0 Å². The fraction of sp³-hybridized carbons (Fsp3) is 1.00. The van der Waals surface area contributed by atoms with Crippen molar-refractivity contribution in [1.82, 2.24) is 5.32 Å². The SMILES string of the molecule is CCNCCCCCCOCCCC(F)(F)F. The Morgan fingerprint density at radius 2 is 1.59 bits per heavy atom. The van der Waals surface area contributed by atoms with Crippen molar-refractivity contribution in [3.8, 4) is 0 Å². The van der Waals surface area contributed by atoms with Gasteiger partial charge < -0.3 is 10.1 Å². The fourth-order valence-electron chi connectivity index (χ4n) is 1.46. The largest absolute Gasteiger partial charge is 0.389 e. The maximum atomic E-state index is 11.8. The average Bonchev–Trinajstić information content (AvgIpc) is 2.24. The summed E-state index contributed by atoms with van der Waals surface area (Å²) in [5, 5.41) is 3.24. The van der Waals surface area contributed by atoms with Gasteiger partial charge in [0, 0.05) is 19.6 Å². The van der Waals surface area contributed by atoms with Crippen LogP contribution in [0.2, 0.25) is 0 Å². The normalized spacial score (nSPS) is 12.0. The van der Waals surface area contributed by atoms with Crippen LogP contribution in [0, 0.1) is 0 Å². The van der Waals surface area contributed by atoms with Gasteiger partial charge in [0.05, 0.1) is 0 Å². The maximum Gasteiger partial charge on any atom is 0.389 e. The van der Waals surface area contributed by atoms with Crippen LogP contribution in [0.4, 0.5) is 13.2 Å². The first kappa shape index (κ1) is 16.7. The van der Waals surface area contributed by atoms with Crippen molar-refractivity contribution >= 4 is 0 Å². The predicted octanol–water partition coefficient (Wildman–Crippen LogP) is 3.52. The molecule has 0 spiro atoms. The van der Waals surface area contributed by atoms with Gasteiger partial charge >= 0.3 is 6.18 Å². The minimum Gasteiger partial charge on any atom is -0.381 e. The molecular formula is C12H24F3NO. The van der Waals surface area contributed by atoms with Crippen LogP contribution in [-0.4, -0.2) is 32.5 Å². The molecular weight excluding hydrogens is 231 g/mol. The zero-order chi connectivity index (χ0) is 13.0. The Morgan fingerprint density at radius 3 is 2.24 bits per heavy atom. The van der Waals surface area contributed by atoms with Crippen molar-refractivity contribution in [2.24, 2.45) is 0 Å². The molecule has 1 N–H and O–H groups in total. The van der Waals surface area contributed by atoms with Gasteiger partial charge in [-0.15, -0.1) is 0 Å². The molecule has 0 fully saturated rings. The lowest BCUT2D eigenvalue weighted by atomic mass is 10.2. The molecule has 0 heterocycles. The van der Waals surface area contributed by atoms with E-state index in [1.54, 1.807) is 0 Å². The van der Waals surface area contributed by atoms with Crippen LogP contribution in [0.15, 0.2) is 0 Å². The second-order valence-corrected chi connectivity index (χ2v) is 4.10. The molecule has 5 heteroatoms. The topological polar surface area (TPSA) is 21.3 Å². The Bertz CT molecular complexity index is 162. The molecule has 0 radical (unpaired) electrons. The molecule has 0 atom stereocenters. The molecule has 0 bridgehead atoms.